The first-order valence-corrected chi connectivity index (χ1v) is 7.84. The summed E-state index contributed by atoms with van der Waals surface area (Å²) >= 11 is 1.62. The summed E-state index contributed by atoms with van der Waals surface area (Å²) in [5.41, 5.74) is 0.858. The minimum Gasteiger partial charge on any atom is -0.387 e. The van der Waals surface area contributed by atoms with Gasteiger partial charge in [0.25, 0.3) is 0 Å². The van der Waals surface area contributed by atoms with Crippen molar-refractivity contribution in [3.05, 3.63) is 42.0 Å². The number of hydrogen-bond acceptors (Lipinski definition) is 4. The van der Waals surface area contributed by atoms with E-state index < -0.39 is 5.60 Å². The van der Waals surface area contributed by atoms with Gasteiger partial charge in [0.05, 0.1) is 17.2 Å². The molecule has 0 saturated carbocycles. The van der Waals surface area contributed by atoms with Crippen LogP contribution < -0.4 is 5.32 Å². The predicted molar refractivity (Wildman–Crippen MR) is 86.2 cm³/mol. The molecule has 104 valence electrons. The van der Waals surface area contributed by atoms with E-state index in [0.717, 1.165) is 16.5 Å². The lowest BCUT2D eigenvalue weighted by molar-refractivity contribution is 0.0997. The average molecular weight is 286 g/mol. The van der Waals surface area contributed by atoms with Crippen LogP contribution in [0.3, 0.4) is 0 Å². The number of anilines is 1. The van der Waals surface area contributed by atoms with E-state index in [4.69, 9.17) is 5.26 Å². The van der Waals surface area contributed by atoms with Crippen molar-refractivity contribution in [2.75, 3.05) is 23.9 Å². The molecule has 0 aliphatic carbocycles. The summed E-state index contributed by atoms with van der Waals surface area (Å²) in [4.78, 5) is 0. The molecule has 2 aromatic rings. The Bertz CT molecular complexity index is 646. The molecule has 0 aliphatic heterocycles. The van der Waals surface area contributed by atoms with Gasteiger partial charge in [-0.05, 0) is 25.3 Å². The van der Waals surface area contributed by atoms with Gasteiger partial charge in [0, 0.05) is 28.8 Å². The first-order chi connectivity index (χ1) is 9.57. The Labute approximate surface area is 123 Å². The van der Waals surface area contributed by atoms with Gasteiger partial charge in [-0.25, -0.2) is 0 Å². The van der Waals surface area contributed by atoms with Gasteiger partial charge in [-0.15, -0.1) is 0 Å². The van der Waals surface area contributed by atoms with Crippen LogP contribution in [0.25, 0.3) is 10.8 Å². The van der Waals surface area contributed by atoms with Crippen LogP contribution >= 0.6 is 11.8 Å². The van der Waals surface area contributed by atoms with E-state index >= 15 is 0 Å². The summed E-state index contributed by atoms with van der Waals surface area (Å²) < 4.78 is 0. The van der Waals surface area contributed by atoms with Crippen molar-refractivity contribution >= 4 is 28.2 Å². The van der Waals surface area contributed by atoms with Crippen molar-refractivity contribution in [1.82, 2.24) is 0 Å². The molecule has 0 bridgehead atoms. The topological polar surface area (TPSA) is 56.0 Å². The molecule has 0 spiro atoms. The van der Waals surface area contributed by atoms with Crippen LogP contribution in [0.15, 0.2) is 36.4 Å². The Balaban J connectivity index is 2.30. The third kappa shape index (κ3) is 3.24. The smallest absolute Gasteiger partial charge is 0.0998 e. The fraction of sp³-hybridized carbons (Fsp3) is 0.312. The summed E-state index contributed by atoms with van der Waals surface area (Å²) in [7, 11) is 0. The zero-order valence-corrected chi connectivity index (χ0v) is 12.5. The van der Waals surface area contributed by atoms with Gasteiger partial charge in [-0.1, -0.05) is 24.3 Å². The van der Waals surface area contributed by atoms with E-state index in [1.54, 1.807) is 11.8 Å². The Morgan fingerprint density at radius 3 is 2.60 bits per heavy atom. The first-order valence-electron chi connectivity index (χ1n) is 6.44. The number of nitrogens with zero attached hydrogens (tertiary/aromatic N) is 1. The normalized spacial score (nSPS) is 13.7. The molecule has 0 aromatic heterocycles. The zero-order chi connectivity index (χ0) is 14.6. The molecule has 0 radical (unpaired) electrons. The zero-order valence-electron chi connectivity index (χ0n) is 11.7. The summed E-state index contributed by atoms with van der Waals surface area (Å²) in [6, 6.07) is 13.7. The van der Waals surface area contributed by atoms with E-state index in [1.807, 2.05) is 49.6 Å². The molecule has 1 unspecified atom stereocenters. The van der Waals surface area contributed by atoms with Crippen molar-refractivity contribution in [2.45, 2.75) is 12.5 Å². The fourth-order valence-corrected chi connectivity index (χ4v) is 2.92. The van der Waals surface area contributed by atoms with E-state index in [0.29, 0.717) is 17.9 Å². The highest BCUT2D eigenvalue weighted by atomic mass is 32.2. The summed E-state index contributed by atoms with van der Waals surface area (Å²) in [6.45, 7) is 2.30. The summed E-state index contributed by atoms with van der Waals surface area (Å²) in [5.74, 6) is 0.675. The number of rotatable bonds is 5. The second kappa shape index (κ2) is 6.17. The van der Waals surface area contributed by atoms with Crippen LogP contribution in [0.4, 0.5) is 5.69 Å². The Kier molecular flexibility index (Phi) is 4.53. The lowest BCUT2D eigenvalue weighted by Crippen LogP contribution is -2.36. The molecule has 0 fully saturated rings. The maximum Gasteiger partial charge on any atom is 0.0998 e. The van der Waals surface area contributed by atoms with Gasteiger partial charge in [-0.3, -0.25) is 0 Å². The standard InChI is InChI=1S/C16H18N2OS/c1-16(19,11-20-2)10-18-15-8-7-12(9-17)13-5-3-4-6-14(13)15/h3-8,18-19H,10-11H2,1-2H3. The fourth-order valence-electron chi connectivity index (χ4n) is 2.20. The molecular formula is C16H18N2OS. The molecule has 2 N–H and O–H groups in total. The van der Waals surface area contributed by atoms with Crippen LogP contribution in [0.1, 0.15) is 12.5 Å². The van der Waals surface area contributed by atoms with Crippen molar-refractivity contribution in [3.63, 3.8) is 0 Å². The quantitative estimate of drug-likeness (QED) is 0.886. The van der Waals surface area contributed by atoms with E-state index in [9.17, 15) is 5.11 Å². The minimum atomic E-state index is -0.756. The van der Waals surface area contributed by atoms with E-state index in [1.165, 1.54) is 0 Å². The molecule has 1 atom stereocenters. The highest BCUT2D eigenvalue weighted by Gasteiger charge is 2.19. The molecule has 20 heavy (non-hydrogen) atoms. The number of nitrogens with one attached hydrogen (secondary N) is 1. The van der Waals surface area contributed by atoms with E-state index in [2.05, 4.69) is 11.4 Å². The van der Waals surface area contributed by atoms with Gasteiger partial charge in [0.2, 0.25) is 0 Å². The number of aliphatic hydroxyl groups is 1. The molecule has 0 saturated heterocycles. The molecule has 4 heteroatoms. The van der Waals surface area contributed by atoms with Crippen molar-refractivity contribution in [3.8, 4) is 6.07 Å². The highest BCUT2D eigenvalue weighted by molar-refractivity contribution is 7.98. The second-order valence-electron chi connectivity index (χ2n) is 5.10. The number of benzene rings is 2. The van der Waals surface area contributed by atoms with Crippen LogP contribution in [0, 0.1) is 11.3 Å². The average Bonchev–Trinajstić information content (AvgIpc) is 2.44. The highest BCUT2D eigenvalue weighted by Crippen LogP contribution is 2.27. The lowest BCUT2D eigenvalue weighted by Gasteiger charge is -2.23. The maximum absolute atomic E-state index is 10.2. The number of thioether (sulfide) groups is 1. The summed E-state index contributed by atoms with van der Waals surface area (Å²) in [6.07, 6.45) is 1.98. The molecule has 0 heterocycles. The predicted octanol–water partition coefficient (Wildman–Crippen LogP) is 3.24. The molecular weight excluding hydrogens is 268 g/mol. The van der Waals surface area contributed by atoms with Crippen LogP contribution in [-0.2, 0) is 0 Å². The number of fused-ring (bicyclic) bond motifs is 1. The number of nitriles is 1. The SMILES string of the molecule is CSCC(C)(O)CNc1ccc(C#N)c2ccccc12. The van der Waals surface area contributed by atoms with Gasteiger partial charge in [0.1, 0.15) is 0 Å². The largest absolute Gasteiger partial charge is 0.387 e. The van der Waals surface area contributed by atoms with Gasteiger partial charge < -0.3 is 10.4 Å². The molecule has 0 amide bonds. The Hall–Kier alpha value is -1.70. The van der Waals surface area contributed by atoms with E-state index in [-0.39, 0.29) is 0 Å². The Morgan fingerprint density at radius 1 is 1.25 bits per heavy atom. The van der Waals surface area contributed by atoms with Gasteiger partial charge in [0.15, 0.2) is 0 Å². The lowest BCUT2D eigenvalue weighted by atomic mass is 10.0. The molecule has 2 aromatic carbocycles. The van der Waals surface area contributed by atoms with Crippen LogP contribution in [-0.4, -0.2) is 29.3 Å². The van der Waals surface area contributed by atoms with Crippen molar-refractivity contribution in [1.29, 1.82) is 5.26 Å². The van der Waals surface area contributed by atoms with Crippen LogP contribution in [0.5, 0.6) is 0 Å². The summed E-state index contributed by atoms with van der Waals surface area (Å²) in [5, 5.41) is 24.6. The Morgan fingerprint density at radius 2 is 1.95 bits per heavy atom. The van der Waals surface area contributed by atoms with Gasteiger partial charge in [-0.2, -0.15) is 17.0 Å². The van der Waals surface area contributed by atoms with Crippen LogP contribution in [0.2, 0.25) is 0 Å². The number of hydrogen-bond donors (Lipinski definition) is 2. The monoisotopic (exact) mass is 286 g/mol. The first kappa shape index (κ1) is 14.7. The molecule has 0 aliphatic rings. The van der Waals surface area contributed by atoms with Gasteiger partial charge >= 0.3 is 0 Å². The van der Waals surface area contributed by atoms with Crippen molar-refractivity contribution < 1.29 is 5.11 Å². The maximum atomic E-state index is 10.2. The third-order valence-corrected chi connectivity index (χ3v) is 4.07. The molecule has 2 rings (SSSR count). The second-order valence-corrected chi connectivity index (χ2v) is 5.97. The minimum absolute atomic E-state index is 0.476. The third-order valence-electron chi connectivity index (χ3n) is 3.16. The molecule has 3 nitrogen and oxygen atoms in total. The van der Waals surface area contributed by atoms with Crippen molar-refractivity contribution in [2.24, 2.45) is 0 Å².